The average molecular weight is 554 g/mol. The van der Waals surface area contributed by atoms with Crippen LogP contribution in [0.5, 0.6) is 5.75 Å². The highest BCUT2D eigenvalue weighted by molar-refractivity contribution is 7.89. The number of hydrogen-bond acceptors (Lipinski definition) is 8. The Morgan fingerprint density at radius 1 is 0.923 bits per heavy atom. The third-order valence-electron chi connectivity index (χ3n) is 8.26. The number of nitrogens with zero attached hydrogens (tertiary/aromatic N) is 5. The quantitative estimate of drug-likeness (QED) is 0.551. The van der Waals surface area contributed by atoms with Crippen LogP contribution < -0.4 is 14.5 Å². The SMILES string of the molecule is CN1CCN(c2cccc(C(O)C(=O)N3CC4=C(C3)CN(S(=O)(=O)c3ccc5c(c3)N(C)CCO5)C4)c2)CC1. The lowest BCUT2D eigenvalue weighted by Gasteiger charge is -2.34. The van der Waals surface area contributed by atoms with Crippen LogP contribution in [-0.2, 0) is 14.8 Å². The van der Waals surface area contributed by atoms with Crippen LogP contribution >= 0.6 is 0 Å². The number of sulfonamides is 1. The summed E-state index contributed by atoms with van der Waals surface area (Å²) in [7, 11) is 0.324. The largest absolute Gasteiger partial charge is 0.490 e. The summed E-state index contributed by atoms with van der Waals surface area (Å²) in [5.41, 5.74) is 4.22. The van der Waals surface area contributed by atoms with Crippen molar-refractivity contribution < 1.29 is 23.1 Å². The first-order chi connectivity index (χ1) is 18.7. The number of fused-ring (bicyclic) bond motifs is 1. The van der Waals surface area contributed by atoms with Crippen LogP contribution in [0.25, 0.3) is 0 Å². The topological polar surface area (TPSA) is 96.9 Å². The number of carbonyl (C=O) groups excluding carboxylic acids is 1. The number of hydrogen-bond donors (Lipinski definition) is 1. The number of aliphatic hydroxyl groups is 1. The van der Waals surface area contributed by atoms with Gasteiger partial charge in [0.05, 0.1) is 17.1 Å². The monoisotopic (exact) mass is 553 g/mol. The molecule has 0 spiro atoms. The van der Waals surface area contributed by atoms with Gasteiger partial charge in [-0.3, -0.25) is 4.79 Å². The Morgan fingerprint density at radius 3 is 2.36 bits per heavy atom. The number of ether oxygens (including phenoxy) is 1. The zero-order valence-electron chi connectivity index (χ0n) is 22.4. The summed E-state index contributed by atoms with van der Waals surface area (Å²) in [4.78, 5) is 21.7. The average Bonchev–Trinajstić information content (AvgIpc) is 3.53. The molecule has 4 aliphatic heterocycles. The molecule has 4 heterocycles. The van der Waals surface area contributed by atoms with E-state index in [1.165, 1.54) is 4.31 Å². The van der Waals surface area contributed by atoms with Crippen LogP contribution in [-0.4, -0.2) is 113 Å². The molecule has 1 amide bonds. The minimum absolute atomic E-state index is 0.239. The van der Waals surface area contributed by atoms with E-state index in [2.05, 4.69) is 16.8 Å². The van der Waals surface area contributed by atoms with Crippen LogP contribution in [0, 0.1) is 0 Å². The van der Waals surface area contributed by atoms with Gasteiger partial charge in [0.15, 0.2) is 6.10 Å². The molecule has 2 aromatic rings. The second-order valence-electron chi connectivity index (χ2n) is 10.9. The summed E-state index contributed by atoms with van der Waals surface area (Å²) in [5.74, 6) is 0.332. The van der Waals surface area contributed by atoms with Crippen molar-refractivity contribution in [3.63, 3.8) is 0 Å². The van der Waals surface area contributed by atoms with E-state index in [1.807, 2.05) is 30.1 Å². The predicted octanol–water partition coefficient (Wildman–Crippen LogP) is 1.14. The van der Waals surface area contributed by atoms with Gasteiger partial charge in [0.1, 0.15) is 12.4 Å². The normalized spacial score (nSPS) is 21.2. The maximum absolute atomic E-state index is 13.5. The van der Waals surface area contributed by atoms with Crippen molar-refractivity contribution in [3.8, 4) is 5.75 Å². The molecule has 1 fully saturated rings. The molecule has 4 aliphatic rings. The Balaban J connectivity index is 1.10. The molecule has 1 N–H and O–H groups in total. The van der Waals surface area contributed by atoms with E-state index < -0.39 is 16.1 Å². The van der Waals surface area contributed by atoms with Gasteiger partial charge >= 0.3 is 0 Å². The molecule has 0 saturated carbocycles. The van der Waals surface area contributed by atoms with Crippen molar-refractivity contribution in [2.45, 2.75) is 11.0 Å². The number of carbonyl (C=O) groups is 1. The zero-order valence-corrected chi connectivity index (χ0v) is 23.2. The Bertz CT molecular complexity index is 1400. The second-order valence-corrected chi connectivity index (χ2v) is 12.8. The molecule has 0 aromatic heterocycles. The third kappa shape index (κ3) is 4.88. The number of benzene rings is 2. The lowest BCUT2D eigenvalue weighted by Crippen LogP contribution is -2.44. The Kier molecular flexibility index (Phi) is 6.78. The fourth-order valence-electron chi connectivity index (χ4n) is 5.78. The lowest BCUT2D eigenvalue weighted by molar-refractivity contribution is -0.139. The second kappa shape index (κ2) is 10.1. The van der Waals surface area contributed by atoms with Gasteiger partial charge in [0, 0.05) is 65.1 Å². The minimum atomic E-state index is -3.70. The smallest absolute Gasteiger partial charge is 0.256 e. The minimum Gasteiger partial charge on any atom is -0.490 e. The fourth-order valence-corrected chi connectivity index (χ4v) is 7.23. The zero-order chi connectivity index (χ0) is 27.3. The molecule has 0 bridgehead atoms. The van der Waals surface area contributed by atoms with Crippen molar-refractivity contribution in [1.29, 1.82) is 0 Å². The number of amides is 1. The molecule has 1 saturated heterocycles. The number of rotatable bonds is 5. The summed E-state index contributed by atoms with van der Waals surface area (Å²) in [6.07, 6.45) is -1.26. The molecular formula is C28H35N5O5S. The van der Waals surface area contributed by atoms with Crippen molar-refractivity contribution in [3.05, 3.63) is 59.2 Å². The van der Waals surface area contributed by atoms with Crippen LogP contribution in [0.4, 0.5) is 11.4 Å². The van der Waals surface area contributed by atoms with E-state index in [0.29, 0.717) is 37.6 Å². The maximum Gasteiger partial charge on any atom is 0.256 e. The number of likely N-dealkylation sites (N-methyl/N-ethyl adjacent to an activating group) is 2. The molecule has 11 heteroatoms. The molecule has 1 atom stereocenters. The highest BCUT2D eigenvalue weighted by atomic mass is 32.2. The summed E-state index contributed by atoms with van der Waals surface area (Å²) in [6.45, 7) is 6.19. The number of piperazine rings is 1. The standard InChI is InChI=1S/C28H35N5O5S/c1-29-8-10-31(11-9-29)23-5-3-4-20(14-23)27(34)28(35)32-16-21-18-33(19-22(21)17-32)39(36,37)24-6-7-26-25(15-24)30(2)12-13-38-26/h3-7,14-15,27,34H,8-13,16-19H2,1-2H3. The van der Waals surface area contributed by atoms with Gasteiger partial charge in [-0.2, -0.15) is 4.31 Å². The van der Waals surface area contributed by atoms with Gasteiger partial charge in [-0.25, -0.2) is 8.42 Å². The number of aliphatic hydroxyl groups excluding tert-OH is 1. The molecule has 1 unspecified atom stereocenters. The summed E-state index contributed by atoms with van der Waals surface area (Å²) in [6, 6.07) is 12.6. The van der Waals surface area contributed by atoms with E-state index in [-0.39, 0.29) is 23.9 Å². The first-order valence-electron chi connectivity index (χ1n) is 13.4. The molecule has 2 aromatic carbocycles. The van der Waals surface area contributed by atoms with Gasteiger partial charge < -0.3 is 29.4 Å². The molecule has 39 heavy (non-hydrogen) atoms. The van der Waals surface area contributed by atoms with Crippen LogP contribution in [0.15, 0.2) is 58.5 Å². The summed E-state index contributed by atoms with van der Waals surface area (Å²) < 4.78 is 34.0. The van der Waals surface area contributed by atoms with E-state index in [4.69, 9.17) is 4.74 Å². The molecular weight excluding hydrogens is 518 g/mol. The molecule has 0 aliphatic carbocycles. The van der Waals surface area contributed by atoms with Crippen LogP contribution in [0.3, 0.4) is 0 Å². The first kappa shape index (κ1) is 26.1. The molecule has 6 rings (SSSR count). The van der Waals surface area contributed by atoms with E-state index >= 15 is 0 Å². The maximum atomic E-state index is 13.5. The highest BCUT2D eigenvalue weighted by Gasteiger charge is 2.39. The molecule has 0 radical (unpaired) electrons. The van der Waals surface area contributed by atoms with Crippen molar-refractivity contribution in [2.24, 2.45) is 0 Å². The highest BCUT2D eigenvalue weighted by Crippen LogP contribution is 2.36. The van der Waals surface area contributed by atoms with Crippen LogP contribution in [0.1, 0.15) is 11.7 Å². The Labute approximate surface area is 229 Å². The van der Waals surface area contributed by atoms with Gasteiger partial charge in [-0.05, 0) is 54.1 Å². The Hall–Kier alpha value is -3.12. The van der Waals surface area contributed by atoms with E-state index in [9.17, 15) is 18.3 Å². The molecule has 208 valence electrons. The first-order valence-corrected chi connectivity index (χ1v) is 14.8. The van der Waals surface area contributed by atoms with Gasteiger partial charge in [0.2, 0.25) is 10.0 Å². The van der Waals surface area contributed by atoms with Gasteiger partial charge in [0.25, 0.3) is 5.91 Å². The fraction of sp³-hybridized carbons (Fsp3) is 0.464. The van der Waals surface area contributed by atoms with Crippen molar-refractivity contribution >= 4 is 27.3 Å². The van der Waals surface area contributed by atoms with E-state index in [0.717, 1.165) is 48.7 Å². The number of anilines is 2. The van der Waals surface area contributed by atoms with Crippen molar-refractivity contribution in [1.82, 2.24) is 14.1 Å². The lowest BCUT2D eigenvalue weighted by atomic mass is 10.1. The van der Waals surface area contributed by atoms with Crippen molar-refractivity contribution in [2.75, 3.05) is 89.4 Å². The van der Waals surface area contributed by atoms with E-state index in [1.54, 1.807) is 29.2 Å². The summed E-state index contributed by atoms with van der Waals surface area (Å²) >= 11 is 0. The summed E-state index contributed by atoms with van der Waals surface area (Å²) in [5, 5.41) is 11.0. The predicted molar refractivity (Wildman–Crippen MR) is 149 cm³/mol. The molecule has 10 nitrogen and oxygen atoms in total. The van der Waals surface area contributed by atoms with Gasteiger partial charge in [-0.15, -0.1) is 0 Å². The van der Waals surface area contributed by atoms with Gasteiger partial charge in [-0.1, -0.05) is 12.1 Å². The van der Waals surface area contributed by atoms with Crippen LogP contribution in [0.2, 0.25) is 0 Å². The Morgan fingerprint density at radius 2 is 1.64 bits per heavy atom. The third-order valence-corrected chi connectivity index (χ3v) is 10.0.